The normalized spacial score (nSPS) is 9.88. The third kappa shape index (κ3) is 3.04. The largest absolute Gasteiger partial charge is 0.489 e. The fourth-order valence-corrected chi connectivity index (χ4v) is 1.39. The van der Waals surface area contributed by atoms with Gasteiger partial charge in [-0.1, -0.05) is 18.2 Å². The molecule has 0 aliphatic heterocycles. The van der Waals surface area contributed by atoms with Crippen LogP contribution in [0, 0.1) is 5.41 Å². The van der Waals surface area contributed by atoms with Crippen LogP contribution in [0.25, 0.3) is 0 Å². The molecule has 0 spiro atoms. The molecule has 0 amide bonds. The minimum absolute atomic E-state index is 0.0356. The Balaban J connectivity index is 2.04. The number of ether oxygens (including phenoxy) is 1. The number of nitrogens with one attached hydrogen (secondary N) is 1. The SMILES string of the molecule is N=C(N)c1cc(COc2ccccc2)ccn1. The van der Waals surface area contributed by atoms with E-state index in [4.69, 9.17) is 15.9 Å². The highest BCUT2D eigenvalue weighted by Crippen LogP contribution is 2.11. The van der Waals surface area contributed by atoms with Gasteiger partial charge in [-0.05, 0) is 29.8 Å². The molecule has 0 saturated heterocycles. The van der Waals surface area contributed by atoms with E-state index in [2.05, 4.69) is 4.98 Å². The van der Waals surface area contributed by atoms with Crippen LogP contribution < -0.4 is 10.5 Å². The maximum Gasteiger partial charge on any atom is 0.141 e. The van der Waals surface area contributed by atoms with E-state index in [0.717, 1.165) is 11.3 Å². The number of hydrogen-bond acceptors (Lipinski definition) is 3. The summed E-state index contributed by atoms with van der Waals surface area (Å²) in [6, 6.07) is 13.2. The lowest BCUT2D eigenvalue weighted by molar-refractivity contribution is 0.306. The van der Waals surface area contributed by atoms with Crippen molar-refractivity contribution in [3.63, 3.8) is 0 Å². The zero-order valence-electron chi connectivity index (χ0n) is 9.26. The van der Waals surface area contributed by atoms with Gasteiger partial charge in [0.25, 0.3) is 0 Å². The first-order valence-corrected chi connectivity index (χ1v) is 5.23. The second-order valence-corrected chi connectivity index (χ2v) is 3.56. The maximum absolute atomic E-state index is 7.30. The van der Waals surface area contributed by atoms with Crippen LogP contribution in [0.15, 0.2) is 48.7 Å². The minimum atomic E-state index is -0.0356. The molecule has 1 aromatic heterocycles. The number of rotatable bonds is 4. The molecule has 0 radical (unpaired) electrons. The Labute approximate surface area is 99.6 Å². The minimum Gasteiger partial charge on any atom is -0.489 e. The van der Waals surface area contributed by atoms with Gasteiger partial charge < -0.3 is 10.5 Å². The van der Waals surface area contributed by atoms with E-state index >= 15 is 0 Å². The van der Waals surface area contributed by atoms with Crippen LogP contribution in [0.1, 0.15) is 11.3 Å². The highest BCUT2D eigenvalue weighted by molar-refractivity contribution is 5.93. The topological polar surface area (TPSA) is 72.0 Å². The van der Waals surface area contributed by atoms with E-state index in [1.54, 1.807) is 12.3 Å². The van der Waals surface area contributed by atoms with Crippen molar-refractivity contribution in [2.24, 2.45) is 5.73 Å². The predicted octanol–water partition coefficient (Wildman–Crippen LogP) is 1.94. The van der Waals surface area contributed by atoms with Crippen molar-refractivity contribution in [2.75, 3.05) is 0 Å². The summed E-state index contributed by atoms with van der Waals surface area (Å²) in [6.07, 6.45) is 1.63. The van der Waals surface area contributed by atoms with Gasteiger partial charge in [0.05, 0.1) is 0 Å². The average molecular weight is 227 g/mol. The van der Waals surface area contributed by atoms with E-state index in [1.807, 2.05) is 36.4 Å². The number of nitrogens with zero attached hydrogens (tertiary/aromatic N) is 1. The second-order valence-electron chi connectivity index (χ2n) is 3.56. The summed E-state index contributed by atoms with van der Waals surface area (Å²) in [7, 11) is 0. The lowest BCUT2D eigenvalue weighted by atomic mass is 10.2. The molecule has 1 aromatic carbocycles. The fraction of sp³-hybridized carbons (Fsp3) is 0.0769. The van der Waals surface area contributed by atoms with Gasteiger partial charge in [-0.25, -0.2) is 0 Å². The highest BCUT2D eigenvalue weighted by Gasteiger charge is 2.00. The van der Waals surface area contributed by atoms with E-state index in [9.17, 15) is 0 Å². The summed E-state index contributed by atoms with van der Waals surface area (Å²) in [4.78, 5) is 3.99. The monoisotopic (exact) mass is 227 g/mol. The molecule has 2 aromatic rings. The molecule has 0 saturated carbocycles. The Morgan fingerprint density at radius 3 is 2.71 bits per heavy atom. The molecule has 2 rings (SSSR count). The molecule has 17 heavy (non-hydrogen) atoms. The Hall–Kier alpha value is -2.36. The first-order valence-electron chi connectivity index (χ1n) is 5.23. The number of benzene rings is 1. The zero-order valence-corrected chi connectivity index (χ0v) is 9.26. The van der Waals surface area contributed by atoms with E-state index in [-0.39, 0.29) is 5.84 Å². The van der Waals surface area contributed by atoms with Crippen molar-refractivity contribution < 1.29 is 4.74 Å². The summed E-state index contributed by atoms with van der Waals surface area (Å²) in [6.45, 7) is 0.437. The van der Waals surface area contributed by atoms with Gasteiger partial charge >= 0.3 is 0 Å². The Morgan fingerprint density at radius 2 is 2.00 bits per heavy atom. The number of nitrogens with two attached hydrogens (primary N) is 1. The van der Waals surface area contributed by atoms with Crippen LogP contribution >= 0.6 is 0 Å². The van der Waals surface area contributed by atoms with Crippen molar-refractivity contribution in [2.45, 2.75) is 6.61 Å². The molecular formula is C13H13N3O. The maximum atomic E-state index is 7.30. The molecule has 4 nitrogen and oxygen atoms in total. The van der Waals surface area contributed by atoms with E-state index in [1.165, 1.54) is 0 Å². The Morgan fingerprint density at radius 1 is 1.24 bits per heavy atom. The van der Waals surface area contributed by atoms with Crippen LogP contribution in [0.4, 0.5) is 0 Å². The molecule has 4 heteroatoms. The summed E-state index contributed by atoms with van der Waals surface area (Å²) in [5.41, 5.74) is 6.78. The van der Waals surface area contributed by atoms with Gasteiger partial charge in [0.1, 0.15) is 23.9 Å². The van der Waals surface area contributed by atoms with Gasteiger partial charge in [0.2, 0.25) is 0 Å². The quantitative estimate of drug-likeness (QED) is 0.619. The van der Waals surface area contributed by atoms with Gasteiger partial charge in [0.15, 0.2) is 0 Å². The van der Waals surface area contributed by atoms with E-state index < -0.39 is 0 Å². The molecule has 0 unspecified atom stereocenters. The van der Waals surface area contributed by atoms with Crippen LogP contribution in [0.5, 0.6) is 5.75 Å². The Kier molecular flexibility index (Phi) is 3.35. The molecule has 0 aliphatic carbocycles. The van der Waals surface area contributed by atoms with Crippen molar-refractivity contribution >= 4 is 5.84 Å². The molecule has 0 fully saturated rings. The smallest absolute Gasteiger partial charge is 0.141 e. The Bertz CT molecular complexity index is 511. The molecular weight excluding hydrogens is 214 g/mol. The third-order valence-corrected chi connectivity index (χ3v) is 2.25. The third-order valence-electron chi connectivity index (χ3n) is 2.25. The standard InChI is InChI=1S/C13H13N3O/c14-13(15)12-8-10(6-7-16-12)9-17-11-4-2-1-3-5-11/h1-8H,9H2,(H3,14,15). The summed E-state index contributed by atoms with van der Waals surface area (Å²) in [5.74, 6) is 0.778. The first-order chi connectivity index (χ1) is 8.25. The van der Waals surface area contributed by atoms with Crippen LogP contribution in [0.3, 0.4) is 0 Å². The van der Waals surface area contributed by atoms with Gasteiger partial charge in [-0.3, -0.25) is 10.4 Å². The van der Waals surface area contributed by atoms with Crippen molar-refractivity contribution in [3.8, 4) is 5.75 Å². The van der Waals surface area contributed by atoms with E-state index in [0.29, 0.717) is 12.3 Å². The second kappa shape index (κ2) is 5.12. The summed E-state index contributed by atoms with van der Waals surface area (Å²) < 4.78 is 5.59. The van der Waals surface area contributed by atoms with Crippen LogP contribution in [-0.4, -0.2) is 10.8 Å². The van der Waals surface area contributed by atoms with Gasteiger partial charge in [-0.2, -0.15) is 0 Å². The summed E-state index contributed by atoms with van der Waals surface area (Å²) >= 11 is 0. The zero-order chi connectivity index (χ0) is 12.1. The predicted molar refractivity (Wildman–Crippen MR) is 66.0 cm³/mol. The molecule has 0 bridgehead atoms. The fourth-order valence-electron chi connectivity index (χ4n) is 1.39. The number of pyridine rings is 1. The highest BCUT2D eigenvalue weighted by atomic mass is 16.5. The number of para-hydroxylation sites is 1. The molecule has 0 atom stereocenters. The lowest BCUT2D eigenvalue weighted by Crippen LogP contribution is -2.13. The number of nitrogen functional groups attached to an aromatic ring is 1. The van der Waals surface area contributed by atoms with Gasteiger partial charge in [0, 0.05) is 6.20 Å². The number of hydrogen-bond donors (Lipinski definition) is 2. The van der Waals surface area contributed by atoms with Crippen molar-refractivity contribution in [1.82, 2.24) is 4.98 Å². The van der Waals surface area contributed by atoms with Crippen molar-refractivity contribution in [1.29, 1.82) is 5.41 Å². The molecule has 1 heterocycles. The molecule has 3 N–H and O–H groups in total. The number of amidine groups is 1. The number of aromatic nitrogens is 1. The lowest BCUT2D eigenvalue weighted by Gasteiger charge is -2.06. The van der Waals surface area contributed by atoms with Crippen molar-refractivity contribution in [3.05, 3.63) is 59.9 Å². The molecule has 0 aliphatic rings. The van der Waals surface area contributed by atoms with Crippen LogP contribution in [0.2, 0.25) is 0 Å². The summed E-state index contributed by atoms with van der Waals surface area (Å²) in [5, 5.41) is 7.30. The van der Waals surface area contributed by atoms with Gasteiger partial charge in [-0.15, -0.1) is 0 Å². The molecule has 86 valence electrons. The average Bonchev–Trinajstić information content (AvgIpc) is 2.38. The van der Waals surface area contributed by atoms with Crippen LogP contribution in [-0.2, 0) is 6.61 Å². The first kappa shape index (κ1) is 11.1.